The van der Waals surface area contributed by atoms with Crippen LogP contribution in [0.25, 0.3) is 0 Å². The van der Waals surface area contributed by atoms with Gasteiger partial charge < -0.3 is 20.9 Å². The molecule has 0 aromatic heterocycles. The molecule has 0 radical (unpaired) electrons. The van der Waals surface area contributed by atoms with Gasteiger partial charge in [0, 0.05) is 16.8 Å². The predicted molar refractivity (Wildman–Crippen MR) is 143 cm³/mol. The number of anilines is 2. The van der Waals surface area contributed by atoms with Crippen molar-refractivity contribution in [2.75, 3.05) is 11.5 Å². The fourth-order valence-corrected chi connectivity index (χ4v) is 5.36. The summed E-state index contributed by atoms with van der Waals surface area (Å²) in [5.74, 6) is 3.74. The van der Waals surface area contributed by atoms with Crippen LogP contribution in [0.1, 0.15) is 43.7 Å². The van der Waals surface area contributed by atoms with Crippen molar-refractivity contribution in [3.63, 3.8) is 0 Å². The van der Waals surface area contributed by atoms with Crippen LogP contribution in [0.4, 0.5) is 11.4 Å². The van der Waals surface area contributed by atoms with Gasteiger partial charge in [-0.15, -0.1) is 0 Å². The minimum absolute atomic E-state index is 0.0301. The molecule has 4 aromatic rings. The molecule has 0 heterocycles. The second kappa shape index (κ2) is 9.75. The van der Waals surface area contributed by atoms with Gasteiger partial charge in [0.25, 0.3) is 0 Å². The molecule has 0 aliphatic heterocycles. The van der Waals surface area contributed by atoms with E-state index in [0.29, 0.717) is 5.92 Å². The van der Waals surface area contributed by atoms with Gasteiger partial charge >= 0.3 is 0 Å². The van der Waals surface area contributed by atoms with Gasteiger partial charge in [-0.1, -0.05) is 44.0 Å². The summed E-state index contributed by atoms with van der Waals surface area (Å²) in [6.07, 6.45) is 4.84. The van der Waals surface area contributed by atoms with E-state index in [0.717, 1.165) is 40.8 Å². The maximum atomic E-state index is 6.04. The Balaban J connectivity index is 1.41. The van der Waals surface area contributed by atoms with Crippen molar-refractivity contribution in [2.45, 2.75) is 38.0 Å². The van der Waals surface area contributed by atoms with E-state index in [9.17, 15) is 0 Å². The first-order chi connectivity index (χ1) is 17.0. The van der Waals surface area contributed by atoms with Gasteiger partial charge in [0.05, 0.1) is 0 Å². The molecule has 0 spiro atoms. The third-order valence-corrected chi connectivity index (χ3v) is 7.27. The van der Waals surface area contributed by atoms with Crippen molar-refractivity contribution >= 4 is 11.4 Å². The van der Waals surface area contributed by atoms with E-state index < -0.39 is 0 Å². The maximum Gasteiger partial charge on any atom is 0.127 e. The lowest BCUT2D eigenvalue weighted by molar-refractivity contribution is 0.244. The van der Waals surface area contributed by atoms with Gasteiger partial charge in [-0.05, 0) is 103 Å². The summed E-state index contributed by atoms with van der Waals surface area (Å²) in [5.41, 5.74) is 15.7. The van der Waals surface area contributed by atoms with Crippen LogP contribution in [-0.2, 0) is 5.41 Å². The molecule has 1 unspecified atom stereocenters. The molecule has 0 bridgehead atoms. The predicted octanol–water partition coefficient (Wildman–Crippen LogP) is 7.93. The lowest BCUT2D eigenvalue weighted by Gasteiger charge is -2.44. The first-order valence-corrected chi connectivity index (χ1v) is 12.3. The third kappa shape index (κ3) is 4.83. The monoisotopic (exact) mass is 464 g/mol. The normalized spacial score (nSPS) is 17.0. The number of benzene rings is 4. The zero-order chi connectivity index (χ0) is 24.3. The van der Waals surface area contributed by atoms with E-state index in [1.807, 2.05) is 48.5 Å². The number of rotatable bonds is 6. The van der Waals surface area contributed by atoms with Gasteiger partial charge in [0.2, 0.25) is 0 Å². The standard InChI is InChI=1S/C31H32N2O2/c1-22-4-2-3-21-31(22,23-5-13-27(14-6-23)34-29-17-9-25(32)10-18-29)24-7-15-28(16-8-24)35-30-19-11-26(33)12-20-30/h5-20,22H,2-4,21,32-33H2,1H3. The highest BCUT2D eigenvalue weighted by Gasteiger charge is 2.41. The molecule has 178 valence electrons. The van der Waals surface area contributed by atoms with Crippen LogP contribution in [0.2, 0.25) is 0 Å². The molecular formula is C31H32N2O2. The first kappa shape index (κ1) is 22.9. The fraction of sp³-hybridized carbons (Fsp3) is 0.226. The summed E-state index contributed by atoms with van der Waals surface area (Å²) < 4.78 is 12.1. The summed E-state index contributed by atoms with van der Waals surface area (Å²) in [5, 5.41) is 0. The number of nitrogen functional groups attached to an aromatic ring is 2. The summed E-state index contributed by atoms with van der Waals surface area (Å²) in [7, 11) is 0. The summed E-state index contributed by atoms with van der Waals surface area (Å²) in [4.78, 5) is 0. The summed E-state index contributed by atoms with van der Waals surface area (Å²) >= 11 is 0. The van der Waals surface area contributed by atoms with Gasteiger partial charge in [-0.2, -0.15) is 0 Å². The van der Waals surface area contributed by atoms with Crippen LogP contribution in [-0.4, -0.2) is 0 Å². The molecule has 35 heavy (non-hydrogen) atoms. The largest absolute Gasteiger partial charge is 0.457 e. The van der Waals surface area contributed by atoms with Crippen molar-refractivity contribution in [1.82, 2.24) is 0 Å². The van der Waals surface area contributed by atoms with E-state index in [2.05, 4.69) is 55.5 Å². The van der Waals surface area contributed by atoms with Crippen LogP contribution >= 0.6 is 0 Å². The van der Waals surface area contributed by atoms with Crippen LogP contribution in [0.5, 0.6) is 23.0 Å². The smallest absolute Gasteiger partial charge is 0.127 e. The first-order valence-electron chi connectivity index (χ1n) is 12.3. The van der Waals surface area contributed by atoms with Crippen molar-refractivity contribution < 1.29 is 9.47 Å². The van der Waals surface area contributed by atoms with Crippen molar-refractivity contribution in [3.8, 4) is 23.0 Å². The highest BCUT2D eigenvalue weighted by molar-refractivity contribution is 5.48. The van der Waals surface area contributed by atoms with E-state index >= 15 is 0 Å². The quantitative estimate of drug-likeness (QED) is 0.284. The molecule has 5 rings (SSSR count). The lowest BCUT2D eigenvalue weighted by atomic mass is 9.60. The molecule has 1 aliphatic carbocycles. The molecular weight excluding hydrogens is 432 g/mol. The zero-order valence-electron chi connectivity index (χ0n) is 20.1. The van der Waals surface area contributed by atoms with Gasteiger partial charge in [0.15, 0.2) is 0 Å². The van der Waals surface area contributed by atoms with Crippen LogP contribution in [0.3, 0.4) is 0 Å². The Morgan fingerprint density at radius 1 is 0.571 bits per heavy atom. The Morgan fingerprint density at radius 3 is 1.31 bits per heavy atom. The van der Waals surface area contributed by atoms with Gasteiger partial charge in [-0.3, -0.25) is 0 Å². The number of nitrogens with two attached hydrogens (primary N) is 2. The number of ether oxygens (including phenoxy) is 2. The molecule has 4 nitrogen and oxygen atoms in total. The average molecular weight is 465 g/mol. The minimum Gasteiger partial charge on any atom is -0.457 e. The van der Waals surface area contributed by atoms with E-state index in [4.69, 9.17) is 20.9 Å². The van der Waals surface area contributed by atoms with Crippen molar-refractivity contribution in [2.24, 2.45) is 5.92 Å². The molecule has 1 fully saturated rings. The Labute approximate surface area is 207 Å². The Hall–Kier alpha value is -3.92. The molecule has 1 saturated carbocycles. The second-order valence-corrected chi connectivity index (χ2v) is 9.51. The highest BCUT2D eigenvalue weighted by atomic mass is 16.5. The third-order valence-electron chi connectivity index (χ3n) is 7.27. The minimum atomic E-state index is -0.0301. The molecule has 1 atom stereocenters. The summed E-state index contributed by atoms with van der Waals surface area (Å²) in [6, 6.07) is 32.2. The number of hydrogen-bond acceptors (Lipinski definition) is 4. The summed E-state index contributed by atoms with van der Waals surface area (Å²) in [6.45, 7) is 2.39. The SMILES string of the molecule is CC1CCCCC1(c1ccc(Oc2ccc(N)cc2)cc1)c1ccc(Oc2ccc(N)cc2)cc1. The van der Waals surface area contributed by atoms with Crippen molar-refractivity contribution in [1.29, 1.82) is 0 Å². The van der Waals surface area contributed by atoms with E-state index in [1.54, 1.807) is 0 Å². The molecule has 4 heteroatoms. The van der Waals surface area contributed by atoms with Crippen LogP contribution in [0, 0.1) is 5.92 Å². The topological polar surface area (TPSA) is 70.5 Å². The molecule has 0 amide bonds. The fourth-order valence-electron chi connectivity index (χ4n) is 5.36. The highest BCUT2D eigenvalue weighted by Crippen LogP contribution is 2.49. The molecule has 1 aliphatic rings. The Bertz CT molecular complexity index is 1160. The molecule has 4 N–H and O–H groups in total. The van der Waals surface area contributed by atoms with Crippen LogP contribution < -0.4 is 20.9 Å². The Morgan fingerprint density at radius 2 is 0.943 bits per heavy atom. The number of hydrogen-bond donors (Lipinski definition) is 2. The maximum absolute atomic E-state index is 6.04. The van der Waals surface area contributed by atoms with E-state index in [1.165, 1.54) is 30.4 Å². The lowest BCUT2D eigenvalue weighted by Crippen LogP contribution is -2.37. The van der Waals surface area contributed by atoms with E-state index in [-0.39, 0.29) is 5.41 Å². The molecule has 0 saturated heterocycles. The molecule has 4 aromatic carbocycles. The average Bonchev–Trinajstić information content (AvgIpc) is 2.88. The Kier molecular flexibility index (Phi) is 6.37. The van der Waals surface area contributed by atoms with Gasteiger partial charge in [-0.25, -0.2) is 0 Å². The van der Waals surface area contributed by atoms with Gasteiger partial charge in [0.1, 0.15) is 23.0 Å². The second-order valence-electron chi connectivity index (χ2n) is 9.51. The van der Waals surface area contributed by atoms with Crippen molar-refractivity contribution in [3.05, 3.63) is 108 Å². The zero-order valence-corrected chi connectivity index (χ0v) is 20.1. The van der Waals surface area contributed by atoms with Crippen LogP contribution in [0.15, 0.2) is 97.1 Å².